The molecule has 0 rings (SSSR count). The van der Waals surface area contributed by atoms with E-state index in [9.17, 15) is 0 Å². The summed E-state index contributed by atoms with van der Waals surface area (Å²) in [6, 6.07) is 0. The number of rotatable bonds is 0. The summed E-state index contributed by atoms with van der Waals surface area (Å²) in [5, 5.41) is 14.2. The van der Waals surface area contributed by atoms with E-state index in [2.05, 4.69) is 0 Å². The SMILES string of the molecule is OBO.[Pd]. The van der Waals surface area contributed by atoms with Crippen molar-refractivity contribution >= 4 is 7.69 Å². The summed E-state index contributed by atoms with van der Waals surface area (Å²) >= 11 is 0. The third-order valence-corrected chi connectivity index (χ3v) is 0. The quantitative estimate of drug-likeness (QED) is 0.404. The summed E-state index contributed by atoms with van der Waals surface area (Å²) in [4.78, 5) is 0. The normalized spacial score (nSPS) is 3.50. The molecule has 0 atom stereocenters. The van der Waals surface area contributed by atoms with Gasteiger partial charge in [0, 0.05) is 20.4 Å². The van der Waals surface area contributed by atoms with Gasteiger partial charge in [0.05, 0.1) is 0 Å². The topological polar surface area (TPSA) is 40.5 Å². The zero-order valence-corrected chi connectivity index (χ0v) is 3.47. The minimum Gasteiger partial charge on any atom is -0.430 e. The Morgan fingerprint density at radius 3 is 1.25 bits per heavy atom. The molecule has 0 aromatic heterocycles. The third kappa shape index (κ3) is 17.1. The van der Waals surface area contributed by atoms with E-state index in [1.54, 1.807) is 0 Å². The van der Waals surface area contributed by atoms with Crippen molar-refractivity contribution in [3.63, 3.8) is 0 Å². The second-order valence-corrected chi connectivity index (χ2v) is 0.141. The van der Waals surface area contributed by atoms with E-state index in [0.29, 0.717) is 0 Å². The molecule has 0 radical (unpaired) electrons. The Balaban J connectivity index is 0. The van der Waals surface area contributed by atoms with E-state index in [-0.39, 0.29) is 20.4 Å². The van der Waals surface area contributed by atoms with Gasteiger partial charge in [-0.25, -0.2) is 0 Å². The number of hydrogen-bond donors (Lipinski definition) is 2. The Labute approximate surface area is 38.8 Å². The van der Waals surface area contributed by atoms with Crippen LogP contribution in [0.4, 0.5) is 0 Å². The van der Waals surface area contributed by atoms with Gasteiger partial charge >= 0.3 is 7.69 Å². The summed E-state index contributed by atoms with van der Waals surface area (Å²) in [5.41, 5.74) is 0. The molecule has 0 aromatic carbocycles. The minimum atomic E-state index is -0.750. The summed E-state index contributed by atoms with van der Waals surface area (Å²) in [7, 11) is -0.750. The molecule has 0 unspecified atom stereocenters. The van der Waals surface area contributed by atoms with Crippen LogP contribution in [0.3, 0.4) is 0 Å². The Morgan fingerprint density at radius 1 is 1.25 bits per heavy atom. The molecule has 0 spiro atoms. The molecule has 2 nitrogen and oxygen atoms in total. The van der Waals surface area contributed by atoms with Gasteiger partial charge in [0.15, 0.2) is 0 Å². The van der Waals surface area contributed by atoms with Gasteiger partial charge in [-0.3, -0.25) is 0 Å². The van der Waals surface area contributed by atoms with E-state index < -0.39 is 7.69 Å². The predicted octanol–water partition coefficient (Wildman–Crippen LogP) is -1.77. The van der Waals surface area contributed by atoms with Crippen LogP contribution < -0.4 is 0 Å². The summed E-state index contributed by atoms with van der Waals surface area (Å²) in [6.45, 7) is 0. The fourth-order valence-electron chi connectivity index (χ4n) is 0. The standard InChI is InChI=1S/BH3O2.Pd/c2-1-3;/h1-3H;. The molecule has 0 fully saturated rings. The zero-order chi connectivity index (χ0) is 2.71. The van der Waals surface area contributed by atoms with E-state index >= 15 is 0 Å². The van der Waals surface area contributed by atoms with Crippen molar-refractivity contribution in [2.45, 2.75) is 0 Å². The molecule has 0 heterocycles. The van der Waals surface area contributed by atoms with Crippen molar-refractivity contribution in [2.75, 3.05) is 0 Å². The summed E-state index contributed by atoms with van der Waals surface area (Å²) < 4.78 is 0. The van der Waals surface area contributed by atoms with Crippen molar-refractivity contribution in [3.05, 3.63) is 0 Å². The van der Waals surface area contributed by atoms with Crippen LogP contribution >= 0.6 is 0 Å². The molecule has 0 aliphatic rings. The molecule has 0 aromatic rings. The Morgan fingerprint density at radius 2 is 1.25 bits per heavy atom. The van der Waals surface area contributed by atoms with E-state index in [0.717, 1.165) is 0 Å². The van der Waals surface area contributed by atoms with Crippen LogP contribution in [0.25, 0.3) is 0 Å². The molecule has 0 saturated heterocycles. The molecule has 0 bridgehead atoms. The molecule has 0 aliphatic heterocycles. The van der Waals surface area contributed by atoms with Crippen molar-refractivity contribution in [1.29, 1.82) is 0 Å². The first-order chi connectivity index (χ1) is 1.41. The monoisotopic (exact) mass is 152 g/mol. The molecule has 0 saturated carbocycles. The fourth-order valence-corrected chi connectivity index (χ4v) is 0. The Bertz CT molecular complexity index is 6.00. The van der Waals surface area contributed by atoms with Crippen LogP contribution in [0.2, 0.25) is 0 Å². The average Bonchev–Trinajstić information content (AvgIpc) is 0.918. The molecule has 4 heavy (non-hydrogen) atoms. The third-order valence-electron chi connectivity index (χ3n) is 0. The first kappa shape index (κ1) is 8.82. The van der Waals surface area contributed by atoms with Crippen LogP contribution in [-0.2, 0) is 20.4 Å². The first-order valence-electron chi connectivity index (χ1n) is 0.632. The second-order valence-electron chi connectivity index (χ2n) is 0.141. The molecular formula is H3BO2Pd. The van der Waals surface area contributed by atoms with Crippen molar-refractivity contribution in [3.8, 4) is 0 Å². The Hall–Kier alpha value is 0.647. The summed E-state index contributed by atoms with van der Waals surface area (Å²) in [6.07, 6.45) is 0. The Kier molecular flexibility index (Phi) is 20.8. The fraction of sp³-hybridized carbons (Fsp3) is 0. The maximum absolute atomic E-state index is 7.12. The van der Waals surface area contributed by atoms with Crippen LogP contribution in [0.15, 0.2) is 0 Å². The summed E-state index contributed by atoms with van der Waals surface area (Å²) in [5.74, 6) is 0. The molecule has 0 amide bonds. The minimum absolute atomic E-state index is 0. The zero-order valence-electron chi connectivity index (χ0n) is 1.92. The predicted molar refractivity (Wildman–Crippen MR) is 11.6 cm³/mol. The van der Waals surface area contributed by atoms with E-state index in [1.165, 1.54) is 0 Å². The molecular weight excluding hydrogens is 149 g/mol. The van der Waals surface area contributed by atoms with E-state index in [1.807, 2.05) is 0 Å². The van der Waals surface area contributed by atoms with Gasteiger partial charge in [0.25, 0.3) is 0 Å². The van der Waals surface area contributed by atoms with Crippen LogP contribution in [0.5, 0.6) is 0 Å². The number of hydrogen-bond acceptors (Lipinski definition) is 2. The van der Waals surface area contributed by atoms with Crippen molar-refractivity contribution in [1.82, 2.24) is 0 Å². The van der Waals surface area contributed by atoms with Crippen LogP contribution in [0.1, 0.15) is 0 Å². The van der Waals surface area contributed by atoms with E-state index in [4.69, 9.17) is 10.0 Å². The van der Waals surface area contributed by atoms with Crippen LogP contribution in [-0.4, -0.2) is 17.7 Å². The van der Waals surface area contributed by atoms with Crippen LogP contribution in [0, 0.1) is 0 Å². The smallest absolute Gasteiger partial charge is 0.430 e. The van der Waals surface area contributed by atoms with Gasteiger partial charge < -0.3 is 10.0 Å². The largest absolute Gasteiger partial charge is 0.432 e. The first-order valence-corrected chi connectivity index (χ1v) is 0.632. The maximum Gasteiger partial charge on any atom is 0.432 e. The van der Waals surface area contributed by atoms with Crippen molar-refractivity contribution in [2.24, 2.45) is 0 Å². The molecule has 4 heteroatoms. The van der Waals surface area contributed by atoms with Gasteiger partial charge in [0.2, 0.25) is 0 Å². The van der Waals surface area contributed by atoms with Crippen molar-refractivity contribution < 1.29 is 30.5 Å². The second kappa shape index (κ2) is 9.42. The van der Waals surface area contributed by atoms with Gasteiger partial charge in [-0.15, -0.1) is 0 Å². The van der Waals surface area contributed by atoms with Gasteiger partial charge in [-0.05, 0) is 0 Å². The average molecular weight is 152 g/mol. The molecule has 0 aliphatic carbocycles. The van der Waals surface area contributed by atoms with Gasteiger partial charge in [-0.2, -0.15) is 0 Å². The molecule has 28 valence electrons. The maximum atomic E-state index is 7.12. The van der Waals surface area contributed by atoms with Gasteiger partial charge in [-0.1, -0.05) is 0 Å². The molecule has 2 N–H and O–H groups in total. The van der Waals surface area contributed by atoms with Gasteiger partial charge in [0.1, 0.15) is 0 Å².